The van der Waals surface area contributed by atoms with Gasteiger partial charge in [-0.3, -0.25) is 0 Å². The first-order valence-corrected chi connectivity index (χ1v) is 3.93. The minimum Gasteiger partial charge on any atom is -0.396 e. The van der Waals surface area contributed by atoms with Gasteiger partial charge in [0.05, 0.1) is 25.4 Å². The van der Waals surface area contributed by atoms with Crippen LogP contribution in [0.4, 0.5) is 0 Å². The molecule has 0 fully saturated rings. The van der Waals surface area contributed by atoms with Gasteiger partial charge in [-0.05, 0) is 6.42 Å². The number of hydrogen-bond acceptors (Lipinski definition) is 5. The van der Waals surface area contributed by atoms with E-state index in [1.807, 2.05) is 0 Å². The van der Waals surface area contributed by atoms with Crippen molar-refractivity contribution in [3.05, 3.63) is 0 Å². The van der Waals surface area contributed by atoms with Crippen LogP contribution in [-0.4, -0.2) is 58.9 Å². The molecule has 0 aromatic heterocycles. The summed E-state index contributed by atoms with van der Waals surface area (Å²) in [7, 11) is 0. The fraction of sp³-hybridized carbons (Fsp3) is 1.00. The Bertz CT molecular complexity index is 106. The van der Waals surface area contributed by atoms with Crippen molar-refractivity contribution in [1.29, 1.82) is 0 Å². The Morgan fingerprint density at radius 2 is 1.50 bits per heavy atom. The molecule has 0 aliphatic carbocycles. The largest absolute Gasteiger partial charge is 0.396 e. The zero-order valence-corrected chi connectivity index (χ0v) is 7.03. The molecule has 0 atom stereocenters. The van der Waals surface area contributed by atoms with Crippen LogP contribution in [0.25, 0.3) is 0 Å². The van der Waals surface area contributed by atoms with Crippen LogP contribution in [0.5, 0.6) is 0 Å². The lowest BCUT2D eigenvalue weighted by Gasteiger charge is -2.30. The summed E-state index contributed by atoms with van der Waals surface area (Å²) in [6.07, 6.45) is 0.264. The second-order valence-corrected chi connectivity index (χ2v) is 2.72. The van der Waals surface area contributed by atoms with Crippen molar-refractivity contribution < 1.29 is 20.4 Å². The monoisotopic (exact) mass is 179 g/mol. The first-order valence-electron chi connectivity index (χ1n) is 3.93. The highest BCUT2D eigenvalue weighted by molar-refractivity contribution is 4.86. The third-order valence-corrected chi connectivity index (χ3v) is 1.81. The Kier molecular flexibility index (Phi) is 6.23. The molecule has 0 saturated heterocycles. The quantitative estimate of drug-likeness (QED) is 0.302. The van der Waals surface area contributed by atoms with Gasteiger partial charge in [-0.15, -0.1) is 0 Å². The van der Waals surface area contributed by atoms with Crippen LogP contribution in [0, 0.1) is 0 Å². The smallest absolute Gasteiger partial charge is 0.0670 e. The Hall–Kier alpha value is -0.200. The van der Waals surface area contributed by atoms with Crippen molar-refractivity contribution in [3.63, 3.8) is 0 Å². The first kappa shape index (κ1) is 11.8. The molecular formula is C7H17NO4. The van der Waals surface area contributed by atoms with Gasteiger partial charge in [0, 0.05) is 13.2 Å². The summed E-state index contributed by atoms with van der Waals surface area (Å²) in [5.74, 6) is 0. The van der Waals surface area contributed by atoms with Crippen molar-refractivity contribution in [3.8, 4) is 0 Å². The van der Waals surface area contributed by atoms with Crippen molar-refractivity contribution >= 4 is 0 Å². The molecule has 0 aromatic rings. The second-order valence-electron chi connectivity index (χ2n) is 2.72. The summed E-state index contributed by atoms with van der Waals surface area (Å²) >= 11 is 0. The molecule has 74 valence electrons. The highest BCUT2D eigenvalue weighted by Crippen LogP contribution is 2.07. The van der Waals surface area contributed by atoms with Gasteiger partial charge in [0.2, 0.25) is 0 Å². The molecule has 5 nitrogen and oxygen atoms in total. The molecular weight excluding hydrogens is 162 g/mol. The van der Waals surface area contributed by atoms with E-state index in [2.05, 4.69) is 5.32 Å². The van der Waals surface area contributed by atoms with Crippen LogP contribution in [0.2, 0.25) is 0 Å². The Morgan fingerprint density at radius 1 is 0.917 bits per heavy atom. The van der Waals surface area contributed by atoms with Gasteiger partial charge in [-0.1, -0.05) is 0 Å². The fourth-order valence-electron chi connectivity index (χ4n) is 0.943. The first-order chi connectivity index (χ1) is 5.74. The lowest BCUT2D eigenvalue weighted by molar-refractivity contribution is 0.0649. The number of rotatable bonds is 7. The molecule has 5 N–H and O–H groups in total. The second kappa shape index (κ2) is 6.33. The molecule has 0 bridgehead atoms. The van der Waals surface area contributed by atoms with E-state index in [0.717, 1.165) is 0 Å². The normalized spacial score (nSPS) is 12.0. The van der Waals surface area contributed by atoms with Crippen LogP contribution in [-0.2, 0) is 0 Å². The van der Waals surface area contributed by atoms with Crippen LogP contribution in [0.1, 0.15) is 6.42 Å². The van der Waals surface area contributed by atoms with E-state index >= 15 is 0 Å². The third-order valence-electron chi connectivity index (χ3n) is 1.81. The highest BCUT2D eigenvalue weighted by atomic mass is 16.3. The Balaban J connectivity index is 3.95. The maximum absolute atomic E-state index is 8.92. The van der Waals surface area contributed by atoms with Crippen LogP contribution >= 0.6 is 0 Å². The number of hydrogen-bond donors (Lipinski definition) is 5. The lowest BCUT2D eigenvalue weighted by atomic mass is 9.98. The minimum absolute atomic E-state index is 0.0623. The van der Waals surface area contributed by atoms with Crippen molar-refractivity contribution in [1.82, 2.24) is 5.32 Å². The highest BCUT2D eigenvalue weighted by Gasteiger charge is 2.26. The van der Waals surface area contributed by atoms with Gasteiger partial charge in [0.1, 0.15) is 0 Å². The molecule has 5 heteroatoms. The summed E-state index contributed by atoms with van der Waals surface area (Å²) in [6.45, 7) is -0.401. The summed E-state index contributed by atoms with van der Waals surface area (Å²) in [6, 6.07) is 0. The molecule has 0 aliphatic heterocycles. The number of aliphatic hydroxyl groups excluding tert-OH is 4. The SMILES string of the molecule is OCCNC(CO)(CO)CCO. The van der Waals surface area contributed by atoms with Gasteiger partial charge >= 0.3 is 0 Å². The standard InChI is InChI=1S/C7H17NO4/c9-3-1-7(5-11,6-12)8-2-4-10/h8-12H,1-6H2. The number of β-amino-alcohol motifs (C(OH)–C–C–N with tert-alkyl or cyclic N) is 1. The Labute approximate surface area is 71.7 Å². The average molecular weight is 179 g/mol. The Morgan fingerprint density at radius 3 is 1.83 bits per heavy atom. The summed E-state index contributed by atoms with van der Waals surface area (Å²) in [5.41, 5.74) is -0.864. The molecule has 0 aliphatic rings. The van der Waals surface area contributed by atoms with Gasteiger partial charge < -0.3 is 25.7 Å². The number of aliphatic hydroxyl groups is 4. The summed E-state index contributed by atoms with van der Waals surface area (Å²) < 4.78 is 0. The van der Waals surface area contributed by atoms with E-state index in [9.17, 15) is 0 Å². The molecule has 0 heterocycles. The topological polar surface area (TPSA) is 93.0 Å². The van der Waals surface area contributed by atoms with Gasteiger partial charge in [0.25, 0.3) is 0 Å². The minimum atomic E-state index is -0.864. The van der Waals surface area contributed by atoms with E-state index in [4.69, 9.17) is 20.4 Å². The zero-order chi connectivity index (χ0) is 9.45. The molecule has 0 amide bonds. The van der Waals surface area contributed by atoms with Crippen LogP contribution in [0.3, 0.4) is 0 Å². The van der Waals surface area contributed by atoms with Gasteiger partial charge in [-0.25, -0.2) is 0 Å². The number of nitrogens with one attached hydrogen (secondary N) is 1. The summed E-state index contributed by atoms with van der Waals surface area (Å²) in [4.78, 5) is 0. The molecule has 0 rings (SSSR count). The maximum Gasteiger partial charge on any atom is 0.0670 e. The van der Waals surface area contributed by atoms with Crippen molar-refractivity contribution in [2.24, 2.45) is 0 Å². The molecule has 0 aromatic carbocycles. The third kappa shape index (κ3) is 3.46. The lowest BCUT2D eigenvalue weighted by Crippen LogP contribution is -2.53. The predicted octanol–water partition coefficient (Wildman–Crippen LogP) is -2.33. The molecule has 0 unspecified atom stereocenters. The van der Waals surface area contributed by atoms with Crippen LogP contribution < -0.4 is 5.32 Å². The molecule has 0 saturated carbocycles. The molecule has 12 heavy (non-hydrogen) atoms. The van der Waals surface area contributed by atoms with E-state index in [1.165, 1.54) is 0 Å². The van der Waals surface area contributed by atoms with Crippen LogP contribution in [0.15, 0.2) is 0 Å². The van der Waals surface area contributed by atoms with E-state index in [0.29, 0.717) is 6.54 Å². The van der Waals surface area contributed by atoms with E-state index in [-0.39, 0.29) is 32.8 Å². The van der Waals surface area contributed by atoms with Crippen molar-refractivity contribution in [2.75, 3.05) is 33.0 Å². The van der Waals surface area contributed by atoms with Gasteiger partial charge in [0.15, 0.2) is 0 Å². The van der Waals surface area contributed by atoms with E-state index in [1.54, 1.807) is 0 Å². The molecule has 0 spiro atoms. The maximum atomic E-state index is 8.92. The zero-order valence-electron chi connectivity index (χ0n) is 7.03. The summed E-state index contributed by atoms with van der Waals surface area (Å²) in [5, 5.41) is 37.8. The van der Waals surface area contributed by atoms with Crippen molar-refractivity contribution in [2.45, 2.75) is 12.0 Å². The average Bonchev–Trinajstić information content (AvgIpc) is 2.13. The molecule has 0 radical (unpaired) electrons. The van der Waals surface area contributed by atoms with E-state index < -0.39 is 5.54 Å². The fourth-order valence-corrected chi connectivity index (χ4v) is 0.943. The predicted molar refractivity (Wildman–Crippen MR) is 43.7 cm³/mol. The van der Waals surface area contributed by atoms with Gasteiger partial charge in [-0.2, -0.15) is 0 Å².